The molecule has 2 aromatic carbocycles. The number of imide groups is 1. The van der Waals surface area contributed by atoms with Gasteiger partial charge in [0, 0.05) is 18.4 Å². The fraction of sp³-hybridized carbons (Fsp3) is 0.364. The molecule has 5 rings (SSSR count). The number of thiazole rings is 1. The zero-order valence-electron chi connectivity index (χ0n) is 15.9. The number of hydrogen-bond donors (Lipinski definition) is 1. The highest BCUT2D eigenvalue weighted by Crippen LogP contribution is 2.38. The van der Waals surface area contributed by atoms with E-state index in [0.29, 0.717) is 5.13 Å². The van der Waals surface area contributed by atoms with Crippen molar-refractivity contribution >= 4 is 55.2 Å². The van der Waals surface area contributed by atoms with Crippen LogP contribution in [0.1, 0.15) is 32.1 Å². The molecule has 2 fully saturated rings. The van der Waals surface area contributed by atoms with Gasteiger partial charge < -0.3 is 5.32 Å². The van der Waals surface area contributed by atoms with Crippen molar-refractivity contribution in [1.82, 2.24) is 9.88 Å². The molecule has 1 saturated heterocycles. The fourth-order valence-electron chi connectivity index (χ4n) is 4.56. The van der Waals surface area contributed by atoms with Gasteiger partial charge in [0.2, 0.25) is 17.7 Å². The third kappa shape index (κ3) is 3.19. The van der Waals surface area contributed by atoms with Gasteiger partial charge in [0.15, 0.2) is 5.13 Å². The normalized spacial score (nSPS) is 21.7. The number of aromatic nitrogens is 1. The van der Waals surface area contributed by atoms with Gasteiger partial charge >= 0.3 is 0 Å². The smallest absolute Gasteiger partial charge is 0.233 e. The van der Waals surface area contributed by atoms with Crippen molar-refractivity contribution in [2.75, 3.05) is 11.9 Å². The molecule has 0 spiro atoms. The van der Waals surface area contributed by atoms with E-state index in [1.807, 2.05) is 36.4 Å². The average Bonchev–Trinajstić information content (AvgIpc) is 3.26. The van der Waals surface area contributed by atoms with Gasteiger partial charge in [-0.15, -0.1) is 0 Å². The Hall–Kier alpha value is -2.80. The summed E-state index contributed by atoms with van der Waals surface area (Å²) >= 11 is 1.43. The van der Waals surface area contributed by atoms with E-state index in [1.54, 1.807) is 0 Å². The topological polar surface area (TPSA) is 79.4 Å². The largest absolute Gasteiger partial charge is 0.302 e. The Balaban J connectivity index is 1.27. The van der Waals surface area contributed by atoms with Crippen LogP contribution in [0.3, 0.4) is 0 Å². The molecule has 2 aliphatic rings. The molecular weight excluding hydrogens is 386 g/mol. The molecule has 3 amide bonds. The molecule has 6 nitrogen and oxygen atoms in total. The number of anilines is 1. The predicted octanol–water partition coefficient (Wildman–Crippen LogP) is 3.95. The summed E-state index contributed by atoms with van der Waals surface area (Å²) in [6.07, 6.45) is 3.67. The standard InChI is InChI=1S/C22H21N3O3S/c26-18(11-12-25-20(27)15-7-3-4-8-16(15)21(25)28)23-22-24-19-14-6-2-1-5-13(14)9-10-17(19)29-22/h1-2,5-6,9-10,15-16H,3-4,7-8,11-12H2,(H,23,24,26)/t15-,16-/m1/s1. The van der Waals surface area contributed by atoms with Crippen LogP contribution in [0.15, 0.2) is 36.4 Å². The summed E-state index contributed by atoms with van der Waals surface area (Å²) in [4.78, 5) is 43.4. The second-order valence-corrected chi connectivity index (χ2v) is 8.81. The first-order valence-electron chi connectivity index (χ1n) is 10.1. The number of rotatable bonds is 4. The van der Waals surface area contributed by atoms with E-state index in [9.17, 15) is 14.4 Å². The Morgan fingerprint density at radius 3 is 2.55 bits per heavy atom. The van der Waals surface area contributed by atoms with Crippen LogP contribution < -0.4 is 5.32 Å². The third-order valence-corrected chi connectivity index (χ3v) is 6.96. The van der Waals surface area contributed by atoms with Gasteiger partial charge in [0.1, 0.15) is 0 Å². The van der Waals surface area contributed by atoms with Crippen LogP contribution in [-0.2, 0) is 14.4 Å². The lowest BCUT2D eigenvalue weighted by molar-refractivity contribution is -0.140. The molecule has 1 N–H and O–H groups in total. The van der Waals surface area contributed by atoms with Gasteiger partial charge in [0.25, 0.3) is 0 Å². The van der Waals surface area contributed by atoms with E-state index in [1.165, 1.54) is 16.2 Å². The predicted molar refractivity (Wildman–Crippen MR) is 113 cm³/mol. The van der Waals surface area contributed by atoms with Crippen molar-refractivity contribution in [3.05, 3.63) is 36.4 Å². The second-order valence-electron chi connectivity index (χ2n) is 7.78. The molecule has 3 aromatic rings. The Kier molecular flexibility index (Phi) is 4.54. The van der Waals surface area contributed by atoms with Crippen molar-refractivity contribution in [1.29, 1.82) is 0 Å². The summed E-state index contributed by atoms with van der Waals surface area (Å²) in [5.74, 6) is -0.768. The van der Waals surface area contributed by atoms with Crippen molar-refractivity contribution in [2.45, 2.75) is 32.1 Å². The summed E-state index contributed by atoms with van der Waals surface area (Å²) in [5.41, 5.74) is 0.873. The minimum Gasteiger partial charge on any atom is -0.302 e. The minimum absolute atomic E-state index is 0.0909. The number of hydrogen-bond acceptors (Lipinski definition) is 5. The van der Waals surface area contributed by atoms with Crippen molar-refractivity contribution < 1.29 is 14.4 Å². The summed E-state index contributed by atoms with van der Waals surface area (Å²) in [6.45, 7) is 0.143. The van der Waals surface area contributed by atoms with Crippen molar-refractivity contribution in [3.63, 3.8) is 0 Å². The van der Waals surface area contributed by atoms with Crippen LogP contribution in [0.4, 0.5) is 5.13 Å². The number of amides is 3. The number of nitrogens with one attached hydrogen (secondary N) is 1. The van der Waals surface area contributed by atoms with E-state index in [4.69, 9.17) is 0 Å². The molecule has 2 heterocycles. The SMILES string of the molecule is O=C(CCN1C(=O)[C@@H]2CCCC[C@H]2C1=O)Nc1nc2c(ccc3ccccc32)s1. The highest BCUT2D eigenvalue weighted by Gasteiger charge is 2.47. The van der Waals surface area contributed by atoms with E-state index in [2.05, 4.69) is 10.3 Å². The van der Waals surface area contributed by atoms with Crippen LogP contribution in [0, 0.1) is 11.8 Å². The Labute approximate surface area is 171 Å². The number of likely N-dealkylation sites (tertiary alicyclic amines) is 1. The van der Waals surface area contributed by atoms with E-state index < -0.39 is 0 Å². The maximum absolute atomic E-state index is 12.5. The molecule has 0 unspecified atom stereocenters. The van der Waals surface area contributed by atoms with Crippen LogP contribution in [0.2, 0.25) is 0 Å². The minimum atomic E-state index is -0.233. The number of carbonyl (C=O) groups is 3. The number of carbonyl (C=O) groups excluding carboxylic acids is 3. The molecule has 1 aliphatic heterocycles. The lowest BCUT2D eigenvalue weighted by Gasteiger charge is -2.19. The lowest BCUT2D eigenvalue weighted by atomic mass is 9.81. The van der Waals surface area contributed by atoms with E-state index >= 15 is 0 Å². The molecule has 1 saturated carbocycles. The van der Waals surface area contributed by atoms with Gasteiger partial charge in [-0.25, -0.2) is 4.98 Å². The fourth-order valence-corrected chi connectivity index (χ4v) is 5.46. The molecule has 29 heavy (non-hydrogen) atoms. The number of nitrogens with zero attached hydrogens (tertiary/aromatic N) is 2. The van der Waals surface area contributed by atoms with Crippen molar-refractivity contribution in [3.8, 4) is 0 Å². The first-order valence-corrected chi connectivity index (χ1v) is 10.9. The van der Waals surface area contributed by atoms with Gasteiger partial charge in [-0.05, 0) is 24.3 Å². The summed E-state index contributed by atoms with van der Waals surface area (Å²) in [6, 6.07) is 12.1. The molecule has 0 bridgehead atoms. The van der Waals surface area contributed by atoms with Crippen LogP contribution in [-0.4, -0.2) is 34.2 Å². The van der Waals surface area contributed by atoms with Gasteiger partial charge in [-0.1, -0.05) is 54.5 Å². The monoisotopic (exact) mass is 407 g/mol. The Bertz CT molecular complexity index is 1110. The zero-order chi connectivity index (χ0) is 20.0. The molecular formula is C22H21N3O3S. The quantitative estimate of drug-likeness (QED) is 0.664. The van der Waals surface area contributed by atoms with Gasteiger partial charge in [-0.3, -0.25) is 19.3 Å². The van der Waals surface area contributed by atoms with Crippen LogP contribution >= 0.6 is 11.3 Å². The molecule has 2 atom stereocenters. The van der Waals surface area contributed by atoms with Gasteiger partial charge in [0.05, 0.1) is 22.1 Å². The lowest BCUT2D eigenvalue weighted by Crippen LogP contribution is -2.34. The number of fused-ring (bicyclic) bond motifs is 4. The molecule has 148 valence electrons. The van der Waals surface area contributed by atoms with Crippen LogP contribution in [0.5, 0.6) is 0 Å². The van der Waals surface area contributed by atoms with Crippen LogP contribution in [0.25, 0.3) is 21.0 Å². The summed E-state index contributed by atoms with van der Waals surface area (Å²) in [5, 5.41) is 5.53. The molecule has 0 radical (unpaired) electrons. The Morgan fingerprint density at radius 2 is 1.79 bits per heavy atom. The average molecular weight is 407 g/mol. The maximum atomic E-state index is 12.5. The summed E-state index contributed by atoms with van der Waals surface area (Å²) < 4.78 is 1.01. The first kappa shape index (κ1) is 18.2. The van der Waals surface area contributed by atoms with E-state index in [0.717, 1.165) is 46.7 Å². The second kappa shape index (κ2) is 7.22. The number of benzene rings is 2. The summed E-state index contributed by atoms with van der Waals surface area (Å²) in [7, 11) is 0. The van der Waals surface area contributed by atoms with Gasteiger partial charge in [-0.2, -0.15) is 0 Å². The maximum Gasteiger partial charge on any atom is 0.233 e. The highest BCUT2D eigenvalue weighted by atomic mass is 32.1. The highest BCUT2D eigenvalue weighted by molar-refractivity contribution is 7.22. The first-order chi connectivity index (χ1) is 14.1. The molecule has 7 heteroatoms. The molecule has 1 aromatic heterocycles. The zero-order valence-corrected chi connectivity index (χ0v) is 16.7. The third-order valence-electron chi connectivity index (χ3n) is 6.02. The molecule has 1 aliphatic carbocycles. The Morgan fingerprint density at radius 1 is 1.07 bits per heavy atom. The van der Waals surface area contributed by atoms with E-state index in [-0.39, 0.29) is 42.5 Å². The van der Waals surface area contributed by atoms with Crippen molar-refractivity contribution in [2.24, 2.45) is 11.8 Å².